The standard InChI is InChI=1S/C14H10Br2F3N/c1-20-14(9-6-7(15)2-4-10(9)16)8-3-5-11(17)13(19)12(8)18/h2-6,14,20H,1H3. The minimum absolute atomic E-state index is 0.0465. The highest BCUT2D eigenvalue weighted by Gasteiger charge is 2.22. The van der Waals surface area contributed by atoms with Gasteiger partial charge in [-0.2, -0.15) is 0 Å². The summed E-state index contributed by atoms with van der Waals surface area (Å²) in [5.41, 5.74) is 0.761. The molecule has 2 aromatic carbocycles. The molecule has 0 aliphatic heterocycles. The lowest BCUT2D eigenvalue weighted by Gasteiger charge is -2.20. The smallest absolute Gasteiger partial charge is 0.194 e. The molecule has 6 heteroatoms. The van der Waals surface area contributed by atoms with E-state index in [0.29, 0.717) is 5.56 Å². The second-order valence-electron chi connectivity index (χ2n) is 4.15. The molecule has 106 valence electrons. The zero-order valence-corrected chi connectivity index (χ0v) is 13.5. The van der Waals surface area contributed by atoms with Crippen molar-refractivity contribution >= 4 is 31.9 Å². The molecule has 1 atom stereocenters. The molecule has 0 heterocycles. The first-order chi connectivity index (χ1) is 9.45. The van der Waals surface area contributed by atoms with E-state index in [2.05, 4.69) is 37.2 Å². The van der Waals surface area contributed by atoms with Crippen LogP contribution in [0.4, 0.5) is 13.2 Å². The molecule has 20 heavy (non-hydrogen) atoms. The van der Waals surface area contributed by atoms with Crippen molar-refractivity contribution in [3.05, 3.63) is 67.9 Å². The summed E-state index contributed by atoms with van der Waals surface area (Å²) in [7, 11) is 1.62. The van der Waals surface area contributed by atoms with Gasteiger partial charge in [0.05, 0.1) is 6.04 Å². The number of benzene rings is 2. The Morgan fingerprint density at radius 3 is 2.30 bits per heavy atom. The zero-order chi connectivity index (χ0) is 14.9. The van der Waals surface area contributed by atoms with E-state index in [1.54, 1.807) is 19.2 Å². The van der Waals surface area contributed by atoms with Crippen molar-refractivity contribution in [3.8, 4) is 0 Å². The van der Waals surface area contributed by atoms with Gasteiger partial charge in [-0.05, 0) is 36.9 Å². The second-order valence-corrected chi connectivity index (χ2v) is 5.92. The number of hydrogen-bond donors (Lipinski definition) is 1. The molecule has 2 aromatic rings. The summed E-state index contributed by atoms with van der Waals surface area (Å²) in [6, 6.07) is 6.96. The van der Waals surface area contributed by atoms with Crippen LogP contribution in [0.5, 0.6) is 0 Å². The van der Waals surface area contributed by atoms with Crippen molar-refractivity contribution in [1.29, 1.82) is 0 Å². The topological polar surface area (TPSA) is 12.0 Å². The largest absolute Gasteiger partial charge is 0.309 e. The molecule has 0 amide bonds. The van der Waals surface area contributed by atoms with Gasteiger partial charge < -0.3 is 5.32 Å². The molecule has 0 saturated heterocycles. The lowest BCUT2D eigenvalue weighted by molar-refractivity contribution is 0.435. The molecule has 2 rings (SSSR count). The van der Waals surface area contributed by atoms with Gasteiger partial charge in [0, 0.05) is 14.5 Å². The molecule has 0 radical (unpaired) electrons. The Balaban J connectivity index is 2.58. The quantitative estimate of drug-likeness (QED) is 0.709. The van der Waals surface area contributed by atoms with E-state index in [9.17, 15) is 13.2 Å². The van der Waals surface area contributed by atoms with E-state index in [1.807, 2.05) is 6.07 Å². The Morgan fingerprint density at radius 2 is 1.65 bits per heavy atom. The van der Waals surface area contributed by atoms with Crippen LogP contribution < -0.4 is 5.32 Å². The first kappa shape index (κ1) is 15.5. The molecule has 1 nitrogen and oxygen atoms in total. The van der Waals surface area contributed by atoms with Crippen LogP contribution in [0.25, 0.3) is 0 Å². The normalized spacial score (nSPS) is 12.5. The summed E-state index contributed by atoms with van der Waals surface area (Å²) in [5.74, 6) is -3.85. The Labute approximate surface area is 131 Å². The number of rotatable bonds is 3. The number of nitrogens with one attached hydrogen (secondary N) is 1. The van der Waals surface area contributed by atoms with E-state index in [-0.39, 0.29) is 5.56 Å². The van der Waals surface area contributed by atoms with Crippen molar-refractivity contribution < 1.29 is 13.2 Å². The summed E-state index contributed by atoms with van der Waals surface area (Å²) < 4.78 is 41.9. The highest BCUT2D eigenvalue weighted by atomic mass is 79.9. The zero-order valence-electron chi connectivity index (χ0n) is 10.4. The molecule has 0 aliphatic carbocycles. The predicted molar refractivity (Wildman–Crippen MR) is 79.1 cm³/mol. The van der Waals surface area contributed by atoms with Crippen LogP contribution in [0.2, 0.25) is 0 Å². The van der Waals surface area contributed by atoms with Gasteiger partial charge in [-0.1, -0.05) is 37.9 Å². The Bertz CT molecular complexity index is 647. The maximum Gasteiger partial charge on any atom is 0.194 e. The Hall–Kier alpha value is -0.850. The monoisotopic (exact) mass is 407 g/mol. The van der Waals surface area contributed by atoms with Gasteiger partial charge in [0.2, 0.25) is 0 Å². The van der Waals surface area contributed by atoms with Crippen LogP contribution in [-0.2, 0) is 0 Å². The van der Waals surface area contributed by atoms with Crippen LogP contribution in [0, 0.1) is 17.5 Å². The van der Waals surface area contributed by atoms with Gasteiger partial charge >= 0.3 is 0 Å². The fourth-order valence-corrected chi connectivity index (χ4v) is 2.83. The number of halogens is 5. The molecule has 1 unspecified atom stereocenters. The van der Waals surface area contributed by atoms with Crippen molar-refractivity contribution in [1.82, 2.24) is 5.32 Å². The predicted octanol–water partition coefficient (Wildman–Crippen LogP) is 4.94. The SMILES string of the molecule is CNC(c1cc(Br)ccc1Br)c1ccc(F)c(F)c1F. The first-order valence-corrected chi connectivity index (χ1v) is 7.30. The summed E-state index contributed by atoms with van der Waals surface area (Å²) in [6.07, 6.45) is 0. The molecule has 0 aromatic heterocycles. The van der Waals surface area contributed by atoms with Crippen molar-refractivity contribution in [2.24, 2.45) is 0 Å². The van der Waals surface area contributed by atoms with Gasteiger partial charge in [-0.15, -0.1) is 0 Å². The highest BCUT2D eigenvalue weighted by molar-refractivity contribution is 9.11. The minimum atomic E-state index is -1.46. The number of hydrogen-bond acceptors (Lipinski definition) is 1. The molecule has 0 bridgehead atoms. The maximum atomic E-state index is 13.9. The average Bonchev–Trinajstić information content (AvgIpc) is 2.43. The fourth-order valence-electron chi connectivity index (χ4n) is 1.98. The third-order valence-corrected chi connectivity index (χ3v) is 4.15. The minimum Gasteiger partial charge on any atom is -0.309 e. The molecular formula is C14H10Br2F3N. The summed E-state index contributed by atoms with van der Waals surface area (Å²) in [6.45, 7) is 0. The van der Waals surface area contributed by atoms with Gasteiger partial charge in [-0.25, -0.2) is 13.2 Å². The van der Waals surface area contributed by atoms with Crippen molar-refractivity contribution in [2.45, 2.75) is 6.04 Å². The molecule has 0 aliphatic rings. The second kappa shape index (κ2) is 6.28. The van der Waals surface area contributed by atoms with Crippen LogP contribution in [-0.4, -0.2) is 7.05 Å². The Morgan fingerprint density at radius 1 is 0.950 bits per heavy atom. The van der Waals surface area contributed by atoms with Crippen molar-refractivity contribution in [3.63, 3.8) is 0 Å². The summed E-state index contributed by atoms with van der Waals surface area (Å²) in [5, 5.41) is 2.91. The third kappa shape index (κ3) is 2.92. The lowest BCUT2D eigenvalue weighted by atomic mass is 9.98. The first-order valence-electron chi connectivity index (χ1n) is 5.71. The molecule has 1 N–H and O–H groups in total. The van der Waals surface area contributed by atoms with Crippen molar-refractivity contribution in [2.75, 3.05) is 7.05 Å². The van der Waals surface area contributed by atoms with E-state index in [4.69, 9.17) is 0 Å². The maximum absolute atomic E-state index is 13.9. The van der Waals surface area contributed by atoms with Gasteiger partial charge in [0.25, 0.3) is 0 Å². The van der Waals surface area contributed by atoms with E-state index in [0.717, 1.165) is 15.0 Å². The van der Waals surface area contributed by atoms with Crippen LogP contribution in [0.15, 0.2) is 39.3 Å². The van der Waals surface area contributed by atoms with Gasteiger partial charge in [0.15, 0.2) is 17.5 Å². The Kier molecular flexibility index (Phi) is 4.88. The van der Waals surface area contributed by atoms with E-state index >= 15 is 0 Å². The highest BCUT2D eigenvalue weighted by Crippen LogP contribution is 2.32. The third-order valence-electron chi connectivity index (χ3n) is 2.93. The van der Waals surface area contributed by atoms with Gasteiger partial charge in [-0.3, -0.25) is 0 Å². The van der Waals surface area contributed by atoms with E-state index in [1.165, 1.54) is 6.07 Å². The molecule has 0 saturated carbocycles. The molecule has 0 fully saturated rings. The van der Waals surface area contributed by atoms with Gasteiger partial charge in [0.1, 0.15) is 0 Å². The van der Waals surface area contributed by atoms with Crippen LogP contribution in [0.1, 0.15) is 17.2 Å². The molecular weight excluding hydrogens is 399 g/mol. The summed E-state index contributed by atoms with van der Waals surface area (Å²) in [4.78, 5) is 0. The fraction of sp³-hybridized carbons (Fsp3) is 0.143. The van der Waals surface area contributed by atoms with E-state index < -0.39 is 23.5 Å². The lowest BCUT2D eigenvalue weighted by Crippen LogP contribution is -2.20. The van der Waals surface area contributed by atoms with Crippen LogP contribution >= 0.6 is 31.9 Å². The van der Waals surface area contributed by atoms with Crippen LogP contribution in [0.3, 0.4) is 0 Å². The summed E-state index contributed by atoms with van der Waals surface area (Å²) >= 11 is 6.71. The molecule has 0 spiro atoms. The average molecular weight is 409 g/mol.